The van der Waals surface area contributed by atoms with Gasteiger partial charge in [0.2, 0.25) is 0 Å². The van der Waals surface area contributed by atoms with Crippen molar-refractivity contribution in [3.63, 3.8) is 0 Å². The molecule has 0 spiro atoms. The van der Waals surface area contributed by atoms with E-state index in [0.29, 0.717) is 17.2 Å². The molecule has 0 aliphatic heterocycles. The first-order valence-electron chi connectivity index (χ1n) is 6.26. The molecule has 0 saturated heterocycles. The molecule has 0 bridgehead atoms. The number of hydrogen-bond acceptors (Lipinski definition) is 6. The second-order valence-electron chi connectivity index (χ2n) is 4.31. The van der Waals surface area contributed by atoms with Crippen molar-refractivity contribution in [2.24, 2.45) is 4.99 Å². The van der Waals surface area contributed by atoms with Crippen molar-refractivity contribution in [1.29, 1.82) is 0 Å². The van der Waals surface area contributed by atoms with Gasteiger partial charge in [0.05, 0.1) is 24.8 Å². The van der Waals surface area contributed by atoms with Gasteiger partial charge in [-0.3, -0.25) is 15.1 Å². The predicted molar refractivity (Wildman–Crippen MR) is 79.3 cm³/mol. The molecule has 7 heteroatoms. The topological polar surface area (TPSA) is 97.0 Å². The van der Waals surface area contributed by atoms with Crippen LogP contribution in [0.5, 0.6) is 17.2 Å². The third kappa shape index (κ3) is 3.51. The average molecular weight is 301 g/mol. The Labute approximate surface area is 126 Å². The molecule has 0 saturated carbocycles. The van der Waals surface area contributed by atoms with E-state index in [1.807, 2.05) is 0 Å². The molecule has 0 radical (unpaired) electrons. The van der Waals surface area contributed by atoms with Crippen LogP contribution in [0.3, 0.4) is 0 Å². The standard InChI is InChI=1S/C15H14N2O5/c1-21-13-6-11(7-14(8-13)22-2)16-9-10-5-12(17(19)20)3-4-15(10)18/h3-9,18H,1-2H3/p-1. The van der Waals surface area contributed by atoms with Gasteiger partial charge in [0.15, 0.2) is 0 Å². The molecule has 0 heterocycles. The third-order valence-corrected chi connectivity index (χ3v) is 2.89. The van der Waals surface area contributed by atoms with Gasteiger partial charge >= 0.3 is 0 Å². The van der Waals surface area contributed by atoms with Crippen LogP contribution in [-0.2, 0) is 0 Å². The highest BCUT2D eigenvalue weighted by Crippen LogP contribution is 2.28. The monoisotopic (exact) mass is 301 g/mol. The van der Waals surface area contributed by atoms with E-state index in [-0.39, 0.29) is 17.0 Å². The number of ether oxygens (including phenoxy) is 2. The SMILES string of the molecule is COc1cc(N=Cc2cc([N+](=O)[O-])ccc2[O-])cc(OC)c1. The van der Waals surface area contributed by atoms with Crippen molar-refractivity contribution in [2.45, 2.75) is 0 Å². The number of hydrogen-bond donors (Lipinski definition) is 0. The molecule has 0 atom stereocenters. The normalized spacial score (nSPS) is 10.6. The molecule has 2 rings (SSSR count). The molecule has 114 valence electrons. The summed E-state index contributed by atoms with van der Waals surface area (Å²) >= 11 is 0. The molecule has 0 aliphatic rings. The van der Waals surface area contributed by atoms with Crippen molar-refractivity contribution in [3.8, 4) is 17.2 Å². The molecule has 0 fully saturated rings. The minimum Gasteiger partial charge on any atom is -0.872 e. The van der Waals surface area contributed by atoms with Crippen molar-refractivity contribution in [1.82, 2.24) is 0 Å². The molecule has 22 heavy (non-hydrogen) atoms. The van der Waals surface area contributed by atoms with E-state index in [2.05, 4.69) is 4.99 Å². The number of aliphatic imine (C=N–C) groups is 1. The van der Waals surface area contributed by atoms with E-state index in [0.717, 1.165) is 12.1 Å². The fraction of sp³-hybridized carbons (Fsp3) is 0.133. The van der Waals surface area contributed by atoms with Gasteiger partial charge in [-0.05, 0) is 5.56 Å². The van der Waals surface area contributed by atoms with Crippen LogP contribution in [0.1, 0.15) is 5.56 Å². The van der Waals surface area contributed by atoms with Gasteiger partial charge < -0.3 is 14.6 Å². The molecule has 0 amide bonds. The Balaban J connectivity index is 2.36. The Hall–Kier alpha value is -3.09. The van der Waals surface area contributed by atoms with Crippen molar-refractivity contribution in [2.75, 3.05) is 14.2 Å². The molecule has 0 N–H and O–H groups in total. The maximum absolute atomic E-state index is 11.7. The van der Waals surface area contributed by atoms with E-state index in [1.165, 1.54) is 26.5 Å². The zero-order chi connectivity index (χ0) is 16.1. The van der Waals surface area contributed by atoms with Crippen molar-refractivity contribution in [3.05, 3.63) is 52.1 Å². The first kappa shape index (κ1) is 15.3. The van der Waals surface area contributed by atoms with Gasteiger partial charge in [-0.15, -0.1) is 0 Å². The van der Waals surface area contributed by atoms with Crippen LogP contribution >= 0.6 is 0 Å². The summed E-state index contributed by atoms with van der Waals surface area (Å²) in [5.41, 5.74) is 0.474. The van der Waals surface area contributed by atoms with Gasteiger partial charge in [-0.25, -0.2) is 0 Å². The third-order valence-electron chi connectivity index (χ3n) is 2.89. The van der Waals surface area contributed by atoms with Crippen LogP contribution in [0.2, 0.25) is 0 Å². The first-order chi connectivity index (χ1) is 10.5. The molecule has 7 nitrogen and oxygen atoms in total. The highest BCUT2D eigenvalue weighted by Gasteiger charge is 2.06. The quantitative estimate of drug-likeness (QED) is 0.480. The average Bonchev–Trinajstić information content (AvgIpc) is 2.53. The number of non-ortho nitro benzene ring substituents is 1. The summed E-state index contributed by atoms with van der Waals surface area (Å²) in [6.07, 6.45) is 1.28. The number of methoxy groups -OCH3 is 2. The molecule has 0 unspecified atom stereocenters. The number of nitro groups is 1. The van der Waals surface area contributed by atoms with Gasteiger partial charge in [0.25, 0.3) is 5.69 Å². The first-order valence-corrected chi connectivity index (χ1v) is 6.26. The molecule has 2 aromatic rings. The summed E-state index contributed by atoms with van der Waals surface area (Å²) in [6.45, 7) is 0. The predicted octanol–water partition coefficient (Wildman–Crippen LogP) is 2.44. The summed E-state index contributed by atoms with van der Waals surface area (Å²) in [5.74, 6) is 0.755. The lowest BCUT2D eigenvalue weighted by Gasteiger charge is -2.09. The Bertz CT molecular complexity index is 706. The molecule has 0 aliphatic carbocycles. The highest BCUT2D eigenvalue weighted by atomic mass is 16.6. The maximum Gasteiger partial charge on any atom is 0.270 e. The number of nitro benzene ring substituents is 1. The number of rotatable bonds is 5. The van der Waals surface area contributed by atoms with Crippen molar-refractivity contribution >= 4 is 17.6 Å². The van der Waals surface area contributed by atoms with Crippen LogP contribution in [0.25, 0.3) is 0 Å². The van der Waals surface area contributed by atoms with E-state index in [4.69, 9.17) is 9.47 Å². The molecule has 0 aromatic heterocycles. The summed E-state index contributed by atoms with van der Waals surface area (Å²) < 4.78 is 10.2. The van der Waals surface area contributed by atoms with E-state index >= 15 is 0 Å². The fourth-order valence-corrected chi connectivity index (χ4v) is 1.76. The smallest absolute Gasteiger partial charge is 0.270 e. The Morgan fingerprint density at radius 2 is 1.73 bits per heavy atom. The number of benzene rings is 2. The van der Waals surface area contributed by atoms with Gasteiger partial charge in [-0.2, -0.15) is 0 Å². The minimum absolute atomic E-state index is 0.135. The Kier molecular flexibility index (Phi) is 4.57. The van der Waals surface area contributed by atoms with Gasteiger partial charge in [0.1, 0.15) is 11.5 Å². The minimum atomic E-state index is -0.564. The zero-order valence-electron chi connectivity index (χ0n) is 12.0. The molecular formula is C15H13N2O5-. The second kappa shape index (κ2) is 6.57. The van der Waals surface area contributed by atoms with Crippen LogP contribution in [0, 0.1) is 10.1 Å². The largest absolute Gasteiger partial charge is 0.872 e. The van der Waals surface area contributed by atoms with Crippen LogP contribution in [0.15, 0.2) is 41.4 Å². The van der Waals surface area contributed by atoms with E-state index in [1.54, 1.807) is 18.2 Å². The highest BCUT2D eigenvalue weighted by molar-refractivity contribution is 5.86. The number of nitrogens with zero attached hydrogens (tertiary/aromatic N) is 2. The van der Waals surface area contributed by atoms with Crippen molar-refractivity contribution < 1.29 is 19.5 Å². The maximum atomic E-state index is 11.7. The fourth-order valence-electron chi connectivity index (χ4n) is 1.76. The van der Waals surface area contributed by atoms with Crippen LogP contribution < -0.4 is 14.6 Å². The van der Waals surface area contributed by atoms with Gasteiger partial charge in [0, 0.05) is 36.5 Å². The lowest BCUT2D eigenvalue weighted by atomic mass is 10.2. The van der Waals surface area contributed by atoms with Gasteiger partial charge in [-0.1, -0.05) is 11.8 Å². The second-order valence-corrected chi connectivity index (χ2v) is 4.31. The molecule has 2 aromatic carbocycles. The summed E-state index contributed by atoms with van der Waals surface area (Å²) in [5, 5.41) is 22.4. The Morgan fingerprint density at radius 3 is 2.27 bits per heavy atom. The summed E-state index contributed by atoms with van der Waals surface area (Å²) in [4.78, 5) is 14.3. The molecular weight excluding hydrogens is 288 g/mol. The Morgan fingerprint density at radius 1 is 1.09 bits per heavy atom. The van der Waals surface area contributed by atoms with E-state index < -0.39 is 4.92 Å². The van der Waals surface area contributed by atoms with Crippen LogP contribution in [-0.4, -0.2) is 25.4 Å². The summed E-state index contributed by atoms with van der Waals surface area (Å²) in [7, 11) is 3.02. The lowest BCUT2D eigenvalue weighted by Crippen LogP contribution is -1.98. The van der Waals surface area contributed by atoms with Crippen LogP contribution in [0.4, 0.5) is 11.4 Å². The lowest BCUT2D eigenvalue weighted by molar-refractivity contribution is -0.385. The zero-order valence-corrected chi connectivity index (χ0v) is 12.0. The van der Waals surface area contributed by atoms with E-state index in [9.17, 15) is 15.2 Å². The summed E-state index contributed by atoms with van der Waals surface area (Å²) in [6, 6.07) is 8.48.